The van der Waals surface area contributed by atoms with Crippen LogP contribution >= 0.6 is 0 Å². The Morgan fingerprint density at radius 3 is 2.75 bits per heavy atom. The Morgan fingerprint density at radius 2 is 2.10 bits per heavy atom. The maximum atomic E-state index is 12.3. The molecule has 0 fully saturated rings. The van der Waals surface area contributed by atoms with Gasteiger partial charge in [-0.3, -0.25) is 9.78 Å². The molecule has 0 spiro atoms. The first-order valence-electron chi connectivity index (χ1n) is 6.93. The first-order chi connectivity index (χ1) is 9.58. The first-order valence-corrected chi connectivity index (χ1v) is 6.93. The maximum Gasteiger partial charge on any atom is 0.268 e. The van der Waals surface area contributed by atoms with Gasteiger partial charge in [-0.2, -0.15) is 0 Å². The third-order valence-corrected chi connectivity index (χ3v) is 3.50. The molecule has 1 atom stereocenters. The van der Waals surface area contributed by atoms with Gasteiger partial charge in [-0.25, -0.2) is 0 Å². The highest BCUT2D eigenvalue weighted by Crippen LogP contribution is 2.08. The zero-order valence-corrected chi connectivity index (χ0v) is 12.2. The SMILES string of the molecule is CC(C)[C@@H](C)NC(=O)c1cccn1Cc1cccnc1. The molecule has 0 aromatic carbocycles. The van der Waals surface area contributed by atoms with Crippen molar-refractivity contribution in [3.63, 3.8) is 0 Å². The summed E-state index contributed by atoms with van der Waals surface area (Å²) >= 11 is 0. The molecule has 4 nitrogen and oxygen atoms in total. The van der Waals surface area contributed by atoms with Crippen LogP contribution in [0, 0.1) is 5.92 Å². The molecule has 0 unspecified atom stereocenters. The fourth-order valence-electron chi connectivity index (χ4n) is 1.89. The maximum absolute atomic E-state index is 12.3. The van der Waals surface area contributed by atoms with Gasteiger partial charge in [0, 0.05) is 31.2 Å². The molecular formula is C16H21N3O. The van der Waals surface area contributed by atoms with Crippen molar-refractivity contribution in [1.29, 1.82) is 0 Å². The highest BCUT2D eigenvalue weighted by molar-refractivity contribution is 5.92. The summed E-state index contributed by atoms with van der Waals surface area (Å²) in [4.78, 5) is 16.4. The summed E-state index contributed by atoms with van der Waals surface area (Å²) in [6.45, 7) is 6.87. The summed E-state index contributed by atoms with van der Waals surface area (Å²) in [7, 11) is 0. The van der Waals surface area contributed by atoms with Crippen LogP contribution in [-0.4, -0.2) is 21.5 Å². The lowest BCUT2D eigenvalue weighted by atomic mass is 10.1. The van der Waals surface area contributed by atoms with Crippen LogP contribution in [0.25, 0.3) is 0 Å². The van der Waals surface area contributed by atoms with Gasteiger partial charge in [0.1, 0.15) is 5.69 Å². The van der Waals surface area contributed by atoms with Gasteiger partial charge in [0.15, 0.2) is 0 Å². The third kappa shape index (κ3) is 3.47. The summed E-state index contributed by atoms with van der Waals surface area (Å²) in [6.07, 6.45) is 5.48. The van der Waals surface area contributed by atoms with Crippen LogP contribution in [0.2, 0.25) is 0 Å². The highest BCUT2D eigenvalue weighted by atomic mass is 16.2. The number of nitrogens with zero attached hydrogens (tertiary/aromatic N) is 2. The minimum absolute atomic E-state index is 0.0277. The van der Waals surface area contributed by atoms with E-state index in [0.29, 0.717) is 18.2 Å². The van der Waals surface area contributed by atoms with E-state index in [1.165, 1.54) is 0 Å². The largest absolute Gasteiger partial charge is 0.348 e. The second-order valence-corrected chi connectivity index (χ2v) is 5.39. The van der Waals surface area contributed by atoms with Crippen LogP contribution in [0.3, 0.4) is 0 Å². The highest BCUT2D eigenvalue weighted by Gasteiger charge is 2.15. The number of rotatable bonds is 5. The smallest absolute Gasteiger partial charge is 0.268 e. The van der Waals surface area contributed by atoms with Crippen molar-refractivity contribution in [3.05, 3.63) is 54.1 Å². The Hall–Kier alpha value is -2.10. The summed E-state index contributed by atoms with van der Waals surface area (Å²) < 4.78 is 1.94. The average Bonchev–Trinajstić information content (AvgIpc) is 2.88. The Labute approximate surface area is 119 Å². The van der Waals surface area contributed by atoms with Crippen LogP contribution in [0.1, 0.15) is 36.8 Å². The number of amides is 1. The van der Waals surface area contributed by atoms with Crippen molar-refractivity contribution in [2.75, 3.05) is 0 Å². The molecule has 0 aliphatic rings. The lowest BCUT2D eigenvalue weighted by Crippen LogP contribution is -2.37. The van der Waals surface area contributed by atoms with Gasteiger partial charge in [-0.15, -0.1) is 0 Å². The van der Waals surface area contributed by atoms with Crippen LogP contribution in [-0.2, 0) is 6.54 Å². The fraction of sp³-hybridized carbons (Fsp3) is 0.375. The van der Waals surface area contributed by atoms with Gasteiger partial charge in [-0.05, 0) is 36.6 Å². The molecule has 0 saturated heterocycles. The molecule has 0 aliphatic heterocycles. The van der Waals surface area contributed by atoms with E-state index in [0.717, 1.165) is 5.56 Å². The van der Waals surface area contributed by atoms with E-state index >= 15 is 0 Å². The van der Waals surface area contributed by atoms with E-state index in [2.05, 4.69) is 24.1 Å². The molecule has 1 amide bonds. The fourth-order valence-corrected chi connectivity index (χ4v) is 1.89. The van der Waals surface area contributed by atoms with Gasteiger partial charge in [0.05, 0.1) is 0 Å². The molecule has 0 saturated carbocycles. The average molecular weight is 271 g/mol. The topological polar surface area (TPSA) is 46.9 Å². The van der Waals surface area contributed by atoms with E-state index in [-0.39, 0.29) is 11.9 Å². The van der Waals surface area contributed by atoms with E-state index in [9.17, 15) is 4.79 Å². The minimum Gasteiger partial charge on any atom is -0.348 e. The quantitative estimate of drug-likeness (QED) is 0.909. The summed E-state index contributed by atoms with van der Waals surface area (Å²) in [5.74, 6) is 0.390. The molecule has 2 heterocycles. The first kappa shape index (κ1) is 14.3. The lowest BCUT2D eigenvalue weighted by Gasteiger charge is -2.18. The zero-order chi connectivity index (χ0) is 14.5. The van der Waals surface area contributed by atoms with Crippen molar-refractivity contribution in [2.24, 2.45) is 5.92 Å². The van der Waals surface area contributed by atoms with E-state index in [1.807, 2.05) is 48.1 Å². The van der Waals surface area contributed by atoms with Crippen molar-refractivity contribution >= 4 is 5.91 Å². The van der Waals surface area contributed by atoms with Crippen LogP contribution < -0.4 is 5.32 Å². The number of carbonyl (C=O) groups is 1. The van der Waals surface area contributed by atoms with Gasteiger partial charge >= 0.3 is 0 Å². The molecule has 0 aliphatic carbocycles. The van der Waals surface area contributed by atoms with Crippen LogP contribution in [0.4, 0.5) is 0 Å². The Kier molecular flexibility index (Phi) is 4.56. The summed E-state index contributed by atoms with van der Waals surface area (Å²) in [5.41, 5.74) is 1.76. The van der Waals surface area contributed by atoms with Crippen molar-refractivity contribution in [2.45, 2.75) is 33.4 Å². The van der Waals surface area contributed by atoms with Crippen molar-refractivity contribution in [1.82, 2.24) is 14.9 Å². The number of hydrogen-bond donors (Lipinski definition) is 1. The Morgan fingerprint density at radius 1 is 1.30 bits per heavy atom. The summed E-state index contributed by atoms with van der Waals surface area (Å²) in [5, 5.41) is 3.03. The standard InChI is InChI=1S/C16H21N3O/c1-12(2)13(3)18-16(20)15-7-5-9-19(15)11-14-6-4-8-17-10-14/h4-10,12-13H,11H2,1-3H3,(H,18,20)/t13-/m1/s1. The molecule has 20 heavy (non-hydrogen) atoms. The molecule has 2 rings (SSSR count). The number of pyridine rings is 1. The normalized spacial score (nSPS) is 12.4. The molecule has 2 aromatic rings. The summed E-state index contributed by atoms with van der Waals surface area (Å²) in [6, 6.07) is 7.80. The molecular weight excluding hydrogens is 250 g/mol. The Balaban J connectivity index is 2.10. The van der Waals surface area contributed by atoms with Gasteiger partial charge in [0.25, 0.3) is 5.91 Å². The Bertz CT molecular complexity index is 560. The molecule has 106 valence electrons. The van der Waals surface area contributed by atoms with E-state index in [4.69, 9.17) is 0 Å². The van der Waals surface area contributed by atoms with E-state index < -0.39 is 0 Å². The third-order valence-electron chi connectivity index (χ3n) is 3.50. The monoisotopic (exact) mass is 271 g/mol. The second kappa shape index (κ2) is 6.37. The van der Waals surface area contributed by atoms with Crippen LogP contribution in [0.15, 0.2) is 42.9 Å². The van der Waals surface area contributed by atoms with Crippen molar-refractivity contribution < 1.29 is 4.79 Å². The molecule has 2 aromatic heterocycles. The van der Waals surface area contributed by atoms with Gasteiger partial charge < -0.3 is 9.88 Å². The number of aromatic nitrogens is 2. The minimum atomic E-state index is -0.0277. The molecule has 0 radical (unpaired) electrons. The molecule has 0 bridgehead atoms. The zero-order valence-electron chi connectivity index (χ0n) is 12.2. The number of hydrogen-bond acceptors (Lipinski definition) is 2. The van der Waals surface area contributed by atoms with E-state index in [1.54, 1.807) is 6.20 Å². The van der Waals surface area contributed by atoms with Crippen LogP contribution in [0.5, 0.6) is 0 Å². The predicted octanol–water partition coefficient (Wildman–Crippen LogP) is 2.71. The number of carbonyl (C=O) groups excluding carboxylic acids is 1. The predicted molar refractivity (Wildman–Crippen MR) is 79.5 cm³/mol. The van der Waals surface area contributed by atoms with Crippen molar-refractivity contribution in [3.8, 4) is 0 Å². The lowest BCUT2D eigenvalue weighted by molar-refractivity contribution is 0.0921. The molecule has 4 heteroatoms. The second-order valence-electron chi connectivity index (χ2n) is 5.39. The molecule has 1 N–H and O–H groups in total. The number of nitrogens with one attached hydrogen (secondary N) is 1. The van der Waals surface area contributed by atoms with Gasteiger partial charge in [-0.1, -0.05) is 19.9 Å². The van der Waals surface area contributed by atoms with Gasteiger partial charge in [0.2, 0.25) is 0 Å².